The first kappa shape index (κ1) is 27.7. The number of hydrogen-bond donors (Lipinski definition) is 3. The quantitative estimate of drug-likeness (QED) is 0.360. The first-order chi connectivity index (χ1) is 19.1. The third-order valence-corrected chi connectivity index (χ3v) is 11.7. The van der Waals surface area contributed by atoms with Crippen LogP contribution in [0.4, 0.5) is 0 Å². The number of methoxy groups -OCH3 is 2. The van der Waals surface area contributed by atoms with Gasteiger partial charge in [-0.1, -0.05) is 13.0 Å². The number of carbonyl (C=O) groups is 1. The number of rotatable bonds is 6. The summed E-state index contributed by atoms with van der Waals surface area (Å²) in [6.45, 7) is 2.96. The highest BCUT2D eigenvalue weighted by Gasteiger charge is 2.71. The predicted molar refractivity (Wildman–Crippen MR) is 149 cm³/mol. The molecule has 5 aliphatic rings. The smallest absolute Gasteiger partial charge is 0.331 e. The third kappa shape index (κ3) is 3.97. The minimum absolute atomic E-state index is 0.0120. The largest absolute Gasteiger partial charge is 0.493 e. The lowest BCUT2D eigenvalue weighted by atomic mass is 9.41. The van der Waals surface area contributed by atoms with E-state index in [2.05, 4.69) is 6.92 Å². The average molecular weight is 554 g/mol. The zero-order valence-corrected chi connectivity index (χ0v) is 23.9. The van der Waals surface area contributed by atoms with Crippen LogP contribution in [0.25, 0.3) is 0 Å². The summed E-state index contributed by atoms with van der Waals surface area (Å²) in [5.74, 6) is 1.22. The number of aliphatic hydroxyl groups excluding tert-OH is 1. The van der Waals surface area contributed by atoms with E-state index in [1.807, 2.05) is 24.4 Å². The second-order valence-corrected chi connectivity index (χ2v) is 13.2. The van der Waals surface area contributed by atoms with Gasteiger partial charge in [-0.05, 0) is 92.4 Å². The lowest BCUT2D eigenvalue weighted by Crippen LogP contribution is -2.68. The van der Waals surface area contributed by atoms with Crippen LogP contribution < -0.4 is 9.47 Å². The highest BCUT2D eigenvalue weighted by molar-refractivity contribution is 5.85. The molecule has 3 N–H and O–H groups in total. The van der Waals surface area contributed by atoms with Gasteiger partial charge in [0.1, 0.15) is 6.61 Å². The fourth-order valence-electron chi connectivity index (χ4n) is 9.65. The van der Waals surface area contributed by atoms with Crippen molar-refractivity contribution in [2.24, 2.45) is 33.6 Å². The third-order valence-electron chi connectivity index (χ3n) is 11.7. The summed E-state index contributed by atoms with van der Waals surface area (Å²) in [7, 11) is 3.23. The summed E-state index contributed by atoms with van der Waals surface area (Å²) in [6, 6.07) is 5.77. The van der Waals surface area contributed by atoms with Crippen LogP contribution in [0.3, 0.4) is 0 Å². The molecule has 8 atom stereocenters. The summed E-state index contributed by atoms with van der Waals surface area (Å²) in [5.41, 5.74) is -0.937. The van der Waals surface area contributed by atoms with E-state index in [1.165, 1.54) is 0 Å². The first-order valence-electron chi connectivity index (χ1n) is 14.8. The van der Waals surface area contributed by atoms with Gasteiger partial charge >= 0.3 is 5.97 Å². The van der Waals surface area contributed by atoms with Crippen molar-refractivity contribution >= 4 is 12.2 Å². The molecule has 0 radical (unpaired) electrons. The second kappa shape index (κ2) is 9.85. The van der Waals surface area contributed by atoms with Crippen LogP contribution in [-0.2, 0) is 16.1 Å². The Morgan fingerprint density at radius 1 is 1.02 bits per heavy atom. The average Bonchev–Trinajstić information content (AvgIpc) is 3.48. The van der Waals surface area contributed by atoms with E-state index in [1.54, 1.807) is 20.3 Å². The molecule has 4 fully saturated rings. The lowest BCUT2D eigenvalue weighted by Gasteiger charge is -2.65. The molecule has 6 rings (SSSR count). The molecule has 0 saturated heterocycles. The SMILES string of the molecule is COc1ccc(CN=C[C@]23CC[C@H](O)C[C@@]2(O)CC[C@@H]2[C@@H]3CC[C@]3(C)[C@@H](C4=CC(=O)OC4)CC[C@]23O)cc1OC. The van der Waals surface area contributed by atoms with Gasteiger partial charge in [-0.15, -0.1) is 0 Å². The molecule has 8 heteroatoms. The van der Waals surface area contributed by atoms with Crippen molar-refractivity contribution in [3.05, 3.63) is 35.4 Å². The van der Waals surface area contributed by atoms with Crippen molar-refractivity contribution in [2.75, 3.05) is 20.8 Å². The number of nitrogens with zero attached hydrogens (tertiary/aromatic N) is 1. The highest BCUT2D eigenvalue weighted by Crippen LogP contribution is 2.70. The summed E-state index contributed by atoms with van der Waals surface area (Å²) in [6.07, 6.45) is 9.12. The van der Waals surface area contributed by atoms with Crippen LogP contribution in [0, 0.1) is 28.6 Å². The van der Waals surface area contributed by atoms with Gasteiger partial charge < -0.3 is 29.5 Å². The number of benzene rings is 1. The number of ether oxygens (including phenoxy) is 3. The molecule has 0 aromatic heterocycles. The van der Waals surface area contributed by atoms with Crippen LogP contribution in [0.2, 0.25) is 0 Å². The molecule has 0 spiro atoms. The molecule has 1 aromatic rings. The van der Waals surface area contributed by atoms with Gasteiger partial charge in [0.05, 0.1) is 38.1 Å². The molecule has 40 heavy (non-hydrogen) atoms. The molecule has 4 saturated carbocycles. The minimum atomic E-state index is -1.07. The van der Waals surface area contributed by atoms with Crippen LogP contribution in [0.5, 0.6) is 11.5 Å². The van der Waals surface area contributed by atoms with E-state index < -0.39 is 22.7 Å². The Morgan fingerprint density at radius 3 is 2.52 bits per heavy atom. The predicted octanol–water partition coefficient (Wildman–Crippen LogP) is 3.99. The number of cyclic esters (lactones) is 1. The van der Waals surface area contributed by atoms with Crippen molar-refractivity contribution < 1.29 is 34.3 Å². The zero-order valence-electron chi connectivity index (χ0n) is 23.9. The molecule has 0 amide bonds. The Kier molecular flexibility index (Phi) is 6.83. The summed E-state index contributed by atoms with van der Waals surface area (Å²) in [4.78, 5) is 16.8. The van der Waals surface area contributed by atoms with Gasteiger partial charge in [0.15, 0.2) is 11.5 Å². The number of aliphatic hydroxyl groups is 3. The first-order valence-corrected chi connectivity index (χ1v) is 14.8. The molecular weight excluding hydrogens is 510 g/mol. The maximum Gasteiger partial charge on any atom is 0.331 e. The van der Waals surface area contributed by atoms with Gasteiger partial charge in [0.2, 0.25) is 0 Å². The Hall–Kier alpha value is -2.42. The fourth-order valence-corrected chi connectivity index (χ4v) is 9.65. The van der Waals surface area contributed by atoms with E-state index in [9.17, 15) is 20.1 Å². The normalized spacial score (nSPS) is 42.5. The Morgan fingerprint density at radius 2 is 1.80 bits per heavy atom. The monoisotopic (exact) mass is 553 g/mol. The number of fused-ring (bicyclic) bond motifs is 5. The van der Waals surface area contributed by atoms with Gasteiger partial charge in [0, 0.05) is 29.5 Å². The van der Waals surface area contributed by atoms with Crippen molar-refractivity contribution in [1.82, 2.24) is 0 Å². The Balaban J connectivity index is 1.33. The molecule has 0 bridgehead atoms. The van der Waals surface area contributed by atoms with Crippen LogP contribution >= 0.6 is 0 Å². The van der Waals surface area contributed by atoms with E-state index in [-0.39, 0.29) is 29.1 Å². The van der Waals surface area contributed by atoms with E-state index in [4.69, 9.17) is 19.2 Å². The summed E-state index contributed by atoms with van der Waals surface area (Å²) >= 11 is 0. The summed E-state index contributed by atoms with van der Waals surface area (Å²) in [5, 5.41) is 35.4. The number of carbonyl (C=O) groups excluding carboxylic acids is 1. The molecule has 0 unspecified atom stereocenters. The van der Waals surface area contributed by atoms with Gasteiger partial charge in [-0.25, -0.2) is 4.79 Å². The maximum absolute atomic E-state index is 12.6. The minimum Gasteiger partial charge on any atom is -0.493 e. The van der Waals surface area contributed by atoms with Crippen molar-refractivity contribution in [3.8, 4) is 11.5 Å². The van der Waals surface area contributed by atoms with Gasteiger partial charge in [-0.2, -0.15) is 0 Å². The second-order valence-electron chi connectivity index (χ2n) is 13.2. The number of esters is 1. The van der Waals surface area contributed by atoms with E-state index >= 15 is 0 Å². The lowest BCUT2D eigenvalue weighted by molar-refractivity contribution is -0.237. The van der Waals surface area contributed by atoms with E-state index in [0.29, 0.717) is 63.2 Å². The number of hydrogen-bond acceptors (Lipinski definition) is 8. The zero-order chi connectivity index (χ0) is 28.3. The molecule has 8 nitrogen and oxygen atoms in total. The molecule has 1 aromatic carbocycles. The molecule has 1 aliphatic heterocycles. The Labute approximate surface area is 236 Å². The fraction of sp³-hybridized carbons (Fsp3) is 0.688. The van der Waals surface area contributed by atoms with Gasteiger partial charge in [0.25, 0.3) is 0 Å². The maximum atomic E-state index is 12.6. The standard InChI is InChI=1S/C32H43NO7/c1-29-10-7-24-25(32(29,37)13-9-23(29)21-15-28(35)40-18-21)8-12-31(36)16-22(34)6-11-30(24,31)19-33-17-20-4-5-26(38-2)27(14-20)39-3/h4-5,14-15,19,22-25,34,36-37H,6-13,16-18H2,1-3H3/t22-,23+,24-,25+,29+,30-,31-,32-/m0/s1. The van der Waals surface area contributed by atoms with Crippen LogP contribution in [0.1, 0.15) is 70.3 Å². The summed E-state index contributed by atoms with van der Waals surface area (Å²) < 4.78 is 16.1. The highest BCUT2D eigenvalue weighted by atomic mass is 16.5. The number of aliphatic imine (C=N–C) groups is 1. The van der Waals surface area contributed by atoms with Crippen LogP contribution in [-0.4, -0.2) is 65.6 Å². The molecule has 218 valence electrons. The van der Waals surface area contributed by atoms with Crippen molar-refractivity contribution in [3.63, 3.8) is 0 Å². The van der Waals surface area contributed by atoms with Crippen LogP contribution in [0.15, 0.2) is 34.8 Å². The van der Waals surface area contributed by atoms with Crippen molar-refractivity contribution in [1.29, 1.82) is 0 Å². The van der Waals surface area contributed by atoms with E-state index in [0.717, 1.165) is 30.4 Å². The molecular formula is C32H43NO7. The molecule has 4 aliphatic carbocycles. The van der Waals surface area contributed by atoms with Crippen molar-refractivity contribution in [2.45, 2.75) is 88.6 Å². The Bertz CT molecular complexity index is 1230. The molecule has 1 heterocycles. The topological polar surface area (TPSA) is 118 Å². The van der Waals surface area contributed by atoms with Gasteiger partial charge in [-0.3, -0.25) is 4.99 Å².